The minimum atomic E-state index is -0.520. The Balaban J connectivity index is 2.00. The van der Waals surface area contributed by atoms with Crippen molar-refractivity contribution in [3.8, 4) is 0 Å². The van der Waals surface area contributed by atoms with Crippen molar-refractivity contribution in [3.63, 3.8) is 0 Å². The van der Waals surface area contributed by atoms with Gasteiger partial charge in [-0.05, 0) is 24.3 Å². The first-order chi connectivity index (χ1) is 10.5. The van der Waals surface area contributed by atoms with Crippen LogP contribution in [0.2, 0.25) is 0 Å². The van der Waals surface area contributed by atoms with Crippen LogP contribution in [-0.4, -0.2) is 10.8 Å². The van der Waals surface area contributed by atoms with Crippen molar-refractivity contribution in [1.29, 1.82) is 0 Å². The number of hydrogen-bond donors (Lipinski definition) is 2. The summed E-state index contributed by atoms with van der Waals surface area (Å²) >= 11 is 0. The normalized spacial score (nSPS) is 9.86. The molecule has 0 aliphatic heterocycles. The fourth-order valence-electron chi connectivity index (χ4n) is 1.68. The number of nitrogens with zero attached hydrogens (tertiary/aromatic N) is 1. The molecule has 0 spiro atoms. The van der Waals surface area contributed by atoms with Crippen LogP contribution >= 0.6 is 0 Å². The van der Waals surface area contributed by atoms with E-state index in [1.54, 1.807) is 6.07 Å². The van der Waals surface area contributed by atoms with Gasteiger partial charge < -0.3 is 0 Å². The van der Waals surface area contributed by atoms with Gasteiger partial charge in [0.15, 0.2) is 0 Å². The summed E-state index contributed by atoms with van der Waals surface area (Å²) in [6.07, 6.45) is 0. The van der Waals surface area contributed by atoms with Crippen molar-refractivity contribution >= 4 is 17.3 Å². The van der Waals surface area contributed by atoms with E-state index in [0.717, 1.165) is 0 Å². The van der Waals surface area contributed by atoms with Gasteiger partial charge in [-0.2, -0.15) is 0 Å². The zero-order valence-corrected chi connectivity index (χ0v) is 11.4. The quantitative estimate of drug-likeness (QED) is 0.657. The van der Waals surface area contributed by atoms with E-state index in [-0.39, 0.29) is 11.3 Å². The molecule has 0 saturated carbocycles. The van der Waals surface area contributed by atoms with Crippen LogP contribution in [0.1, 0.15) is 15.9 Å². The molecule has 2 rings (SSSR count). The zero-order valence-electron chi connectivity index (χ0n) is 11.4. The maximum absolute atomic E-state index is 12.8. The second-order valence-corrected chi connectivity index (χ2v) is 4.37. The Morgan fingerprint density at radius 3 is 2.41 bits per heavy atom. The molecule has 7 heteroatoms. The number of hydrazine groups is 1. The van der Waals surface area contributed by atoms with Gasteiger partial charge in [0.2, 0.25) is 0 Å². The first-order valence-corrected chi connectivity index (χ1v) is 6.23. The number of amides is 1. The highest BCUT2D eigenvalue weighted by molar-refractivity contribution is 5.94. The number of halogens is 1. The lowest BCUT2D eigenvalue weighted by Gasteiger charge is -2.11. The Kier molecular flexibility index (Phi) is 4.47. The van der Waals surface area contributed by atoms with Crippen LogP contribution in [0.4, 0.5) is 10.1 Å². The Morgan fingerprint density at radius 2 is 1.77 bits per heavy atom. The molecule has 1 amide bonds. The molecule has 0 unspecified atom stereocenters. The predicted molar refractivity (Wildman–Crippen MR) is 79.1 cm³/mol. The molecule has 22 heavy (non-hydrogen) atoms. The summed E-state index contributed by atoms with van der Waals surface area (Å²) in [5, 5.41) is 10.7. The largest absolute Gasteiger partial charge is 0.298 e. The molecule has 0 atom stereocenters. The van der Waals surface area contributed by atoms with Crippen molar-refractivity contribution < 1.29 is 14.1 Å². The van der Waals surface area contributed by atoms with Crippen molar-refractivity contribution in [2.24, 2.45) is 0 Å². The van der Waals surface area contributed by atoms with Gasteiger partial charge in [-0.15, -0.1) is 0 Å². The minimum absolute atomic E-state index is 0.0784. The van der Waals surface area contributed by atoms with Gasteiger partial charge in [0.05, 0.1) is 10.6 Å². The highest BCUT2D eigenvalue weighted by Crippen LogP contribution is 2.17. The lowest BCUT2D eigenvalue weighted by atomic mass is 10.1. The molecule has 0 aliphatic carbocycles. The van der Waals surface area contributed by atoms with E-state index in [0.29, 0.717) is 11.3 Å². The summed E-state index contributed by atoms with van der Waals surface area (Å²) in [5.74, 6) is -0.919. The van der Waals surface area contributed by atoms with E-state index in [9.17, 15) is 19.3 Å². The fourth-order valence-corrected chi connectivity index (χ4v) is 1.68. The first kappa shape index (κ1) is 15.2. The third kappa shape index (κ3) is 3.66. The molecule has 0 bridgehead atoms. The second kappa shape index (κ2) is 6.49. The molecule has 2 aromatic rings. The number of nitro groups is 1. The number of rotatable bonds is 5. The lowest BCUT2D eigenvalue weighted by Crippen LogP contribution is -2.35. The smallest absolute Gasteiger partial charge is 0.270 e. The number of hydrogen-bond acceptors (Lipinski definition) is 4. The SMILES string of the molecule is C=C(NNC(=O)c1ccc(F)cc1)c1cccc([N+](=O)[O-])c1. The molecule has 0 radical (unpaired) electrons. The maximum atomic E-state index is 12.8. The first-order valence-electron chi connectivity index (χ1n) is 6.23. The van der Waals surface area contributed by atoms with Crippen LogP contribution in [0.3, 0.4) is 0 Å². The molecular formula is C15H12FN3O3. The average Bonchev–Trinajstić information content (AvgIpc) is 2.53. The molecule has 112 valence electrons. The third-order valence-electron chi connectivity index (χ3n) is 2.84. The highest BCUT2D eigenvalue weighted by Gasteiger charge is 2.09. The molecule has 6 nitrogen and oxygen atoms in total. The number of nitro benzene ring substituents is 1. The topological polar surface area (TPSA) is 84.3 Å². The van der Waals surface area contributed by atoms with Crippen molar-refractivity contribution in [2.45, 2.75) is 0 Å². The standard InChI is InChI=1S/C15H12FN3O3/c1-10(12-3-2-4-14(9-12)19(21)22)17-18-15(20)11-5-7-13(16)8-6-11/h2-9,17H,1H2,(H,18,20). The Hall–Kier alpha value is -3.22. The van der Waals surface area contributed by atoms with Crippen LogP contribution < -0.4 is 10.9 Å². The van der Waals surface area contributed by atoms with Crippen LogP contribution in [0.5, 0.6) is 0 Å². The van der Waals surface area contributed by atoms with Crippen LogP contribution in [0.15, 0.2) is 55.1 Å². The van der Waals surface area contributed by atoms with E-state index < -0.39 is 16.6 Å². The summed E-state index contributed by atoms with van der Waals surface area (Å²) in [4.78, 5) is 22.0. The van der Waals surface area contributed by atoms with Crippen molar-refractivity contribution in [2.75, 3.05) is 0 Å². The van der Waals surface area contributed by atoms with Gasteiger partial charge in [0.1, 0.15) is 5.82 Å². The Morgan fingerprint density at radius 1 is 1.09 bits per heavy atom. The molecule has 0 aromatic heterocycles. The Labute approximate surface area is 125 Å². The van der Waals surface area contributed by atoms with E-state index in [2.05, 4.69) is 17.4 Å². The van der Waals surface area contributed by atoms with Gasteiger partial charge in [0.25, 0.3) is 11.6 Å². The average molecular weight is 301 g/mol. The monoisotopic (exact) mass is 301 g/mol. The van der Waals surface area contributed by atoms with Crippen molar-refractivity contribution in [3.05, 3.63) is 82.2 Å². The number of nitrogens with one attached hydrogen (secondary N) is 2. The number of benzene rings is 2. The summed E-state index contributed by atoms with van der Waals surface area (Å²) in [7, 11) is 0. The summed E-state index contributed by atoms with van der Waals surface area (Å²) in [6.45, 7) is 3.70. The summed E-state index contributed by atoms with van der Waals surface area (Å²) in [5.41, 5.74) is 5.90. The van der Waals surface area contributed by atoms with Gasteiger partial charge in [-0.1, -0.05) is 18.7 Å². The summed E-state index contributed by atoms with van der Waals surface area (Å²) < 4.78 is 12.8. The van der Waals surface area contributed by atoms with E-state index in [1.165, 1.54) is 42.5 Å². The van der Waals surface area contributed by atoms with Crippen LogP contribution in [0, 0.1) is 15.9 Å². The molecule has 0 saturated heterocycles. The fraction of sp³-hybridized carbons (Fsp3) is 0. The predicted octanol–water partition coefficient (Wildman–Crippen LogP) is 2.64. The number of carbonyl (C=O) groups is 1. The van der Waals surface area contributed by atoms with Crippen LogP contribution in [0.25, 0.3) is 5.70 Å². The van der Waals surface area contributed by atoms with E-state index >= 15 is 0 Å². The summed E-state index contributed by atoms with van der Waals surface area (Å²) in [6, 6.07) is 10.8. The van der Waals surface area contributed by atoms with Gasteiger partial charge in [0, 0.05) is 23.3 Å². The number of carbonyl (C=O) groups excluding carboxylic acids is 1. The van der Waals surface area contributed by atoms with Gasteiger partial charge >= 0.3 is 0 Å². The minimum Gasteiger partial charge on any atom is -0.298 e. The van der Waals surface area contributed by atoms with Crippen molar-refractivity contribution in [1.82, 2.24) is 10.9 Å². The van der Waals surface area contributed by atoms with Gasteiger partial charge in [-0.3, -0.25) is 25.8 Å². The highest BCUT2D eigenvalue weighted by atomic mass is 19.1. The molecule has 0 heterocycles. The van der Waals surface area contributed by atoms with E-state index in [4.69, 9.17) is 0 Å². The second-order valence-electron chi connectivity index (χ2n) is 4.37. The van der Waals surface area contributed by atoms with Gasteiger partial charge in [-0.25, -0.2) is 4.39 Å². The Bertz CT molecular complexity index is 729. The molecule has 2 N–H and O–H groups in total. The lowest BCUT2D eigenvalue weighted by molar-refractivity contribution is -0.384. The van der Waals surface area contributed by atoms with Crippen LogP contribution in [-0.2, 0) is 0 Å². The zero-order chi connectivity index (χ0) is 16.1. The molecule has 0 fully saturated rings. The van der Waals surface area contributed by atoms with E-state index in [1.807, 2.05) is 0 Å². The maximum Gasteiger partial charge on any atom is 0.270 e. The molecule has 0 aliphatic rings. The molecular weight excluding hydrogens is 289 g/mol. The third-order valence-corrected chi connectivity index (χ3v) is 2.84. The molecule has 2 aromatic carbocycles. The number of non-ortho nitro benzene ring substituents is 1.